The molecule has 0 saturated carbocycles. The van der Waals surface area contributed by atoms with Gasteiger partial charge >= 0.3 is 5.97 Å². The highest BCUT2D eigenvalue weighted by atomic mass is 79.9. The largest absolute Gasteiger partial charge is 0.481 e. The van der Waals surface area contributed by atoms with Gasteiger partial charge in [0.25, 0.3) is 0 Å². The van der Waals surface area contributed by atoms with E-state index in [2.05, 4.69) is 68.6 Å². The maximum atomic E-state index is 13.4. The second-order valence-corrected chi connectivity index (χ2v) is 20.1. The zero-order chi connectivity index (χ0) is 55.4. The Morgan fingerprint density at radius 2 is 1.04 bits per heavy atom. The number of aromatic nitrogens is 6. The van der Waals surface area contributed by atoms with Crippen LogP contribution in [0.15, 0.2) is 57.7 Å². The van der Waals surface area contributed by atoms with Crippen LogP contribution in [0.5, 0.6) is 0 Å². The summed E-state index contributed by atoms with van der Waals surface area (Å²) in [7, 11) is 0. The Balaban J connectivity index is 0.000000247. The lowest BCUT2D eigenvalue weighted by atomic mass is 10.0. The summed E-state index contributed by atoms with van der Waals surface area (Å²) in [5.41, 5.74) is 14.3. The van der Waals surface area contributed by atoms with E-state index in [-0.39, 0.29) is 81.1 Å². The molecule has 78 heavy (non-hydrogen) atoms. The number of pyridine rings is 2. The molecule has 0 bridgehead atoms. The van der Waals surface area contributed by atoms with Gasteiger partial charge in [0.15, 0.2) is 11.3 Å². The van der Waals surface area contributed by atoms with Crippen LogP contribution >= 0.6 is 31.9 Å². The SMILES string of the molecule is C.CCc1nc2c(cnn2CC)c(NC2CCOCC2)c1CNC(=O)CCC(=O)NCc1ccc(F)c(Br)c1.CCc1nc2c(cnn2CC)c(NC2CCOCC2)c1CNC(=O)CCC(=O)O.NCc1ccc(F)c(Br)c1. The molecule has 2 aliphatic heterocycles. The van der Waals surface area contributed by atoms with Gasteiger partial charge in [-0.3, -0.25) is 19.2 Å². The normalized spacial score (nSPS) is 13.6. The van der Waals surface area contributed by atoms with Crippen LogP contribution in [0.2, 0.25) is 0 Å². The molecule has 0 radical (unpaired) electrons. The highest BCUT2D eigenvalue weighted by molar-refractivity contribution is 9.10. The molecule has 23 heteroatoms. The number of nitrogens with two attached hydrogens (primary N) is 1. The van der Waals surface area contributed by atoms with Gasteiger partial charge in [0.05, 0.1) is 49.9 Å². The molecule has 2 saturated heterocycles. The van der Waals surface area contributed by atoms with Gasteiger partial charge in [-0.05, 0) is 120 Å². The molecule has 2 aromatic carbocycles. The van der Waals surface area contributed by atoms with Gasteiger partial charge in [0.1, 0.15) is 11.6 Å². The van der Waals surface area contributed by atoms with Gasteiger partial charge in [0.2, 0.25) is 17.7 Å². The summed E-state index contributed by atoms with van der Waals surface area (Å²) in [4.78, 5) is 57.5. The minimum absolute atomic E-state index is 0. The van der Waals surface area contributed by atoms with E-state index in [9.17, 15) is 28.0 Å². The second kappa shape index (κ2) is 31.5. The predicted molar refractivity (Wildman–Crippen MR) is 305 cm³/mol. The molecular formula is C55H74Br2F2N12O7. The number of hydrogen-bond acceptors (Lipinski definition) is 13. The molecule has 8 rings (SSSR count). The fraction of sp³-hybridized carbons (Fsp3) is 0.491. The van der Waals surface area contributed by atoms with E-state index in [1.807, 2.05) is 49.5 Å². The zero-order valence-electron chi connectivity index (χ0n) is 44.1. The van der Waals surface area contributed by atoms with Gasteiger partial charge in [-0.2, -0.15) is 10.2 Å². The van der Waals surface area contributed by atoms with Crippen LogP contribution < -0.4 is 32.3 Å². The first-order chi connectivity index (χ1) is 37.2. The van der Waals surface area contributed by atoms with Gasteiger partial charge in [-0.15, -0.1) is 0 Å². The molecule has 2 aliphatic rings. The first-order valence-electron chi connectivity index (χ1n) is 26.2. The molecule has 4 aromatic heterocycles. The summed E-state index contributed by atoms with van der Waals surface area (Å²) >= 11 is 6.20. The van der Waals surface area contributed by atoms with E-state index in [1.54, 1.807) is 24.3 Å². The van der Waals surface area contributed by atoms with Crippen LogP contribution in [-0.2, 0) is 80.8 Å². The number of benzene rings is 2. The minimum Gasteiger partial charge on any atom is -0.481 e. The van der Waals surface area contributed by atoms with Crippen LogP contribution in [0.3, 0.4) is 0 Å². The number of rotatable bonds is 21. The summed E-state index contributed by atoms with van der Waals surface area (Å²) < 4.78 is 41.5. The number of amides is 3. The Morgan fingerprint density at radius 1 is 0.641 bits per heavy atom. The van der Waals surface area contributed by atoms with Crippen molar-refractivity contribution < 1.29 is 42.5 Å². The van der Waals surface area contributed by atoms with Gasteiger partial charge in [-0.1, -0.05) is 33.4 Å². The van der Waals surface area contributed by atoms with Crippen molar-refractivity contribution in [1.82, 2.24) is 45.5 Å². The molecule has 0 spiro atoms. The third-order valence-electron chi connectivity index (χ3n) is 13.1. The zero-order valence-corrected chi connectivity index (χ0v) is 47.3. The monoisotopic (exact) mass is 1210 g/mol. The summed E-state index contributed by atoms with van der Waals surface area (Å²) in [5, 5.41) is 35.6. The Labute approximate surface area is 471 Å². The third-order valence-corrected chi connectivity index (χ3v) is 14.3. The Kier molecular flexibility index (Phi) is 25.3. The Morgan fingerprint density at radius 3 is 1.42 bits per heavy atom. The minimum atomic E-state index is -0.980. The van der Waals surface area contributed by atoms with Crippen LogP contribution in [-0.4, -0.2) is 96.8 Å². The predicted octanol–water partition coefficient (Wildman–Crippen LogP) is 8.99. The standard InChI is InChI=1S/C27H34BrFN6O3.C20H29N5O4.C7H7BrFN.CH4/c1-3-23-19(15-31-25(37)8-7-24(36)30-14-17-5-6-22(29)21(28)13-17)26(33-18-9-11-38-12-10-18)20-16-32-35(4-2)27(20)34-23;1-3-16-14(11-21-17(26)5-6-18(27)28)19(23-13-7-9-29-10-8-13)15-12-22-25(4-2)20(15)24-16;8-6-3-5(4-10)1-2-7(6)9;/h5-6,13,16,18H,3-4,7-12,14-15H2,1-2H3,(H,30,36)(H,31,37)(H,33,34);12-13H,3-11H2,1-2H3,(H,21,26)(H,23,24)(H,27,28);1-3H,4,10H2;1H4. The lowest BCUT2D eigenvalue weighted by molar-refractivity contribution is -0.138. The maximum Gasteiger partial charge on any atom is 0.303 e. The number of aliphatic carboxylic acids is 1. The van der Waals surface area contributed by atoms with Gasteiger partial charge < -0.3 is 46.9 Å². The summed E-state index contributed by atoms with van der Waals surface area (Å²) in [6, 6.07) is 9.86. The number of ether oxygens (including phenoxy) is 2. The smallest absolute Gasteiger partial charge is 0.303 e. The molecule has 0 aliphatic carbocycles. The van der Waals surface area contributed by atoms with Crippen molar-refractivity contribution in [3.8, 4) is 0 Å². The number of anilines is 2. The molecular weight excluding hydrogens is 1140 g/mol. The summed E-state index contributed by atoms with van der Waals surface area (Å²) in [5.74, 6) is -2.33. The van der Waals surface area contributed by atoms with E-state index in [0.29, 0.717) is 61.2 Å². The van der Waals surface area contributed by atoms with Gasteiger partial charge in [-0.25, -0.2) is 28.1 Å². The Bertz CT molecular complexity index is 2960. The van der Waals surface area contributed by atoms with E-state index >= 15 is 0 Å². The summed E-state index contributed by atoms with van der Waals surface area (Å²) in [6.45, 7) is 13.8. The molecule has 19 nitrogen and oxygen atoms in total. The lowest BCUT2D eigenvalue weighted by Crippen LogP contribution is -2.30. The average molecular weight is 1210 g/mol. The van der Waals surface area contributed by atoms with Crippen molar-refractivity contribution >= 4 is 89.0 Å². The molecule has 424 valence electrons. The van der Waals surface area contributed by atoms with Crippen molar-refractivity contribution in [3.05, 3.63) is 103 Å². The quantitative estimate of drug-likeness (QED) is 0.0355. The first-order valence-corrected chi connectivity index (χ1v) is 27.8. The van der Waals surface area contributed by atoms with Crippen molar-refractivity contribution in [2.45, 2.75) is 151 Å². The Hall–Kier alpha value is -6.14. The molecule has 6 heterocycles. The lowest BCUT2D eigenvalue weighted by Gasteiger charge is -2.26. The van der Waals surface area contributed by atoms with Crippen molar-refractivity contribution in [3.63, 3.8) is 0 Å². The van der Waals surface area contributed by atoms with E-state index in [4.69, 9.17) is 30.3 Å². The van der Waals surface area contributed by atoms with Crippen molar-refractivity contribution in [1.29, 1.82) is 0 Å². The number of carbonyl (C=O) groups is 4. The molecule has 6 aromatic rings. The number of nitrogens with zero attached hydrogens (tertiary/aromatic N) is 6. The van der Waals surface area contributed by atoms with E-state index in [1.165, 1.54) is 12.1 Å². The molecule has 0 atom stereocenters. The number of fused-ring (bicyclic) bond motifs is 2. The first kappa shape index (κ1) is 62.7. The number of aryl methyl sites for hydroxylation is 4. The molecule has 8 N–H and O–H groups in total. The van der Waals surface area contributed by atoms with Crippen LogP contribution in [0.4, 0.5) is 20.2 Å². The van der Waals surface area contributed by atoms with Crippen molar-refractivity contribution in [2.75, 3.05) is 37.1 Å². The number of nitrogens with one attached hydrogen (secondary N) is 5. The van der Waals surface area contributed by atoms with Crippen molar-refractivity contribution in [2.24, 2.45) is 5.73 Å². The third kappa shape index (κ3) is 17.7. The number of halogens is 4. The fourth-order valence-corrected chi connectivity index (χ4v) is 9.66. The number of carboxylic acid groups (broad SMARTS) is 1. The molecule has 2 fully saturated rings. The van der Waals surface area contributed by atoms with E-state index in [0.717, 1.165) is 113 Å². The highest BCUT2D eigenvalue weighted by Crippen LogP contribution is 2.33. The molecule has 0 unspecified atom stereocenters. The van der Waals surface area contributed by atoms with Gasteiger partial charge in [0, 0.05) is 120 Å². The van der Waals surface area contributed by atoms with E-state index < -0.39 is 5.97 Å². The number of hydrogen-bond donors (Lipinski definition) is 7. The maximum absolute atomic E-state index is 13.4. The summed E-state index contributed by atoms with van der Waals surface area (Å²) in [6.07, 6.45) is 8.62. The van der Waals surface area contributed by atoms with Crippen LogP contribution in [0, 0.1) is 11.6 Å². The molecule has 3 amide bonds. The topological polar surface area (TPSA) is 255 Å². The average Bonchev–Trinajstić information content (AvgIpc) is 4.13. The number of carbonyl (C=O) groups excluding carboxylic acids is 3. The van der Waals surface area contributed by atoms with Crippen LogP contribution in [0.1, 0.15) is 120 Å². The fourth-order valence-electron chi connectivity index (χ4n) is 8.80. The highest BCUT2D eigenvalue weighted by Gasteiger charge is 2.24. The van der Waals surface area contributed by atoms with Crippen LogP contribution in [0.25, 0.3) is 22.1 Å². The number of carboxylic acids is 1. The second-order valence-electron chi connectivity index (χ2n) is 18.4.